The van der Waals surface area contributed by atoms with Crippen LogP contribution in [0.4, 0.5) is 0 Å². The third-order valence-electron chi connectivity index (χ3n) is 1.26. The summed E-state index contributed by atoms with van der Waals surface area (Å²) in [5.74, 6) is 0. The Bertz CT molecular complexity index is 136. The van der Waals surface area contributed by atoms with Gasteiger partial charge in [-0.05, 0) is 6.42 Å². The van der Waals surface area contributed by atoms with E-state index in [1.165, 1.54) is 0 Å². The maximum Gasteiger partial charge on any atom is 0.469 e. The molecule has 5 N–H and O–H groups in total. The zero-order valence-corrected chi connectivity index (χ0v) is 8.30. The summed E-state index contributed by atoms with van der Waals surface area (Å²) >= 11 is 0. The molecular weight excluding hydrogens is 181 g/mol. The molecule has 0 spiro atoms. The molecule has 76 valence electrons. The zero-order valence-electron chi connectivity index (χ0n) is 7.40. The third-order valence-corrected chi connectivity index (χ3v) is 1.78. The summed E-state index contributed by atoms with van der Waals surface area (Å²) in [5, 5.41) is 0. The molecule has 0 radical (unpaired) electrons. The SMILES string of the molecule is CCCCCCOP(=O)(O)O.N. The average molecular weight is 199 g/mol. The minimum Gasteiger partial charge on any atom is -0.344 e. The van der Waals surface area contributed by atoms with Crippen molar-refractivity contribution in [2.24, 2.45) is 0 Å². The van der Waals surface area contributed by atoms with Crippen LogP contribution in [0, 0.1) is 0 Å². The molecule has 0 aromatic rings. The molecule has 0 heterocycles. The lowest BCUT2D eigenvalue weighted by molar-refractivity contribution is 0.193. The standard InChI is InChI=1S/C6H15O4P.H3N/c1-2-3-4-5-6-10-11(7,8)9;/h2-6H2,1H3,(H2,7,8,9);1H3. The molecule has 0 saturated heterocycles. The monoisotopic (exact) mass is 199 g/mol. The highest BCUT2D eigenvalue weighted by atomic mass is 31.2. The molecule has 0 rings (SSSR count). The minimum atomic E-state index is -4.21. The lowest BCUT2D eigenvalue weighted by atomic mass is 10.2. The van der Waals surface area contributed by atoms with Crippen LogP contribution in [0.2, 0.25) is 0 Å². The number of hydrogen-bond donors (Lipinski definition) is 3. The van der Waals surface area contributed by atoms with Crippen LogP contribution >= 0.6 is 7.82 Å². The number of rotatable bonds is 6. The fourth-order valence-electron chi connectivity index (χ4n) is 0.712. The Hall–Kier alpha value is 0.0700. The second-order valence-corrected chi connectivity index (χ2v) is 3.62. The van der Waals surface area contributed by atoms with E-state index in [9.17, 15) is 4.57 Å². The molecule has 0 aliphatic carbocycles. The smallest absolute Gasteiger partial charge is 0.344 e. The second-order valence-electron chi connectivity index (χ2n) is 2.38. The maximum atomic E-state index is 10.1. The first-order valence-electron chi connectivity index (χ1n) is 3.76. The predicted octanol–water partition coefficient (Wildman–Crippen LogP) is 1.84. The van der Waals surface area contributed by atoms with Crippen molar-refractivity contribution in [3.8, 4) is 0 Å². The molecule has 0 aromatic carbocycles. The van der Waals surface area contributed by atoms with E-state index in [0.29, 0.717) is 0 Å². The van der Waals surface area contributed by atoms with E-state index >= 15 is 0 Å². The summed E-state index contributed by atoms with van der Waals surface area (Å²) in [6.45, 7) is 2.23. The van der Waals surface area contributed by atoms with E-state index in [0.717, 1.165) is 25.7 Å². The first-order valence-corrected chi connectivity index (χ1v) is 5.29. The molecule has 6 heteroatoms. The van der Waals surface area contributed by atoms with Crippen LogP contribution in [0.1, 0.15) is 32.6 Å². The predicted molar refractivity (Wildman–Crippen MR) is 47.2 cm³/mol. The van der Waals surface area contributed by atoms with Crippen LogP contribution in [0.15, 0.2) is 0 Å². The van der Waals surface area contributed by atoms with Gasteiger partial charge in [0.25, 0.3) is 0 Å². The van der Waals surface area contributed by atoms with Gasteiger partial charge >= 0.3 is 7.82 Å². The first-order chi connectivity index (χ1) is 5.06. The van der Waals surface area contributed by atoms with E-state index < -0.39 is 7.82 Å². The minimum absolute atomic E-state index is 0. The van der Waals surface area contributed by atoms with Gasteiger partial charge in [0, 0.05) is 0 Å². The Morgan fingerprint density at radius 1 is 1.25 bits per heavy atom. The highest BCUT2D eigenvalue weighted by Crippen LogP contribution is 2.35. The Kier molecular flexibility index (Phi) is 9.37. The van der Waals surface area contributed by atoms with Gasteiger partial charge < -0.3 is 15.9 Å². The highest BCUT2D eigenvalue weighted by Gasteiger charge is 2.11. The molecule has 0 atom stereocenters. The summed E-state index contributed by atoms with van der Waals surface area (Å²) in [7, 11) is -4.21. The van der Waals surface area contributed by atoms with Crippen molar-refractivity contribution in [3.05, 3.63) is 0 Å². The molecule has 0 aliphatic heterocycles. The van der Waals surface area contributed by atoms with E-state index in [-0.39, 0.29) is 12.8 Å². The molecular formula is C6H18NO4P. The van der Waals surface area contributed by atoms with Gasteiger partial charge in [-0.2, -0.15) is 0 Å². The Morgan fingerprint density at radius 3 is 2.25 bits per heavy atom. The average Bonchev–Trinajstić information content (AvgIpc) is 1.85. The van der Waals surface area contributed by atoms with Gasteiger partial charge in [0.15, 0.2) is 0 Å². The van der Waals surface area contributed by atoms with Gasteiger partial charge in [-0.3, -0.25) is 4.52 Å². The van der Waals surface area contributed by atoms with E-state index in [2.05, 4.69) is 11.4 Å². The van der Waals surface area contributed by atoms with Crippen molar-refractivity contribution in [2.75, 3.05) is 6.61 Å². The van der Waals surface area contributed by atoms with E-state index in [4.69, 9.17) is 9.79 Å². The van der Waals surface area contributed by atoms with Gasteiger partial charge in [-0.15, -0.1) is 0 Å². The first kappa shape index (κ1) is 14.6. The quantitative estimate of drug-likeness (QED) is 0.447. The van der Waals surface area contributed by atoms with Gasteiger partial charge in [-0.25, -0.2) is 4.57 Å². The Labute approximate surface area is 73.0 Å². The van der Waals surface area contributed by atoms with Crippen molar-refractivity contribution in [2.45, 2.75) is 32.6 Å². The fraction of sp³-hybridized carbons (Fsp3) is 1.00. The molecule has 0 unspecified atom stereocenters. The van der Waals surface area contributed by atoms with Crippen molar-refractivity contribution in [1.82, 2.24) is 6.15 Å². The van der Waals surface area contributed by atoms with Crippen molar-refractivity contribution >= 4 is 7.82 Å². The van der Waals surface area contributed by atoms with Gasteiger partial charge in [0.1, 0.15) is 0 Å². The summed E-state index contributed by atoms with van der Waals surface area (Å²) in [5.41, 5.74) is 0. The van der Waals surface area contributed by atoms with E-state index in [1.54, 1.807) is 0 Å². The van der Waals surface area contributed by atoms with Crippen molar-refractivity contribution in [1.29, 1.82) is 0 Å². The largest absolute Gasteiger partial charge is 0.469 e. The Balaban J connectivity index is 0. The van der Waals surface area contributed by atoms with Crippen molar-refractivity contribution in [3.63, 3.8) is 0 Å². The normalized spacial score (nSPS) is 10.9. The Morgan fingerprint density at radius 2 is 1.83 bits per heavy atom. The van der Waals surface area contributed by atoms with Gasteiger partial charge in [0.05, 0.1) is 6.61 Å². The second kappa shape index (κ2) is 7.71. The lowest BCUT2D eigenvalue weighted by Gasteiger charge is -2.03. The molecule has 0 aromatic heterocycles. The van der Waals surface area contributed by atoms with Crippen LogP contribution < -0.4 is 6.15 Å². The van der Waals surface area contributed by atoms with Crippen LogP contribution in [0.25, 0.3) is 0 Å². The zero-order chi connectivity index (χ0) is 8.74. The van der Waals surface area contributed by atoms with Gasteiger partial charge in [-0.1, -0.05) is 26.2 Å². The maximum absolute atomic E-state index is 10.1. The third kappa shape index (κ3) is 12.7. The summed E-state index contributed by atoms with van der Waals surface area (Å²) in [4.78, 5) is 16.5. The topological polar surface area (TPSA) is 102 Å². The molecule has 0 amide bonds. The molecule has 0 fully saturated rings. The number of phosphoric acid groups is 1. The number of hydrogen-bond acceptors (Lipinski definition) is 3. The van der Waals surface area contributed by atoms with Crippen LogP contribution in [-0.4, -0.2) is 16.4 Å². The van der Waals surface area contributed by atoms with E-state index in [1.807, 2.05) is 0 Å². The van der Waals surface area contributed by atoms with Gasteiger partial charge in [0.2, 0.25) is 0 Å². The molecule has 0 bridgehead atoms. The van der Waals surface area contributed by atoms with Crippen LogP contribution in [0.3, 0.4) is 0 Å². The molecule has 0 aliphatic rings. The number of unbranched alkanes of at least 4 members (excludes halogenated alkanes) is 3. The molecule has 0 saturated carbocycles. The van der Waals surface area contributed by atoms with Crippen molar-refractivity contribution < 1.29 is 18.9 Å². The lowest BCUT2D eigenvalue weighted by Crippen LogP contribution is -1.91. The van der Waals surface area contributed by atoms with Crippen LogP contribution in [0.5, 0.6) is 0 Å². The molecule has 12 heavy (non-hydrogen) atoms. The highest BCUT2D eigenvalue weighted by molar-refractivity contribution is 7.46. The number of phosphoric ester groups is 1. The van der Waals surface area contributed by atoms with Crippen LogP contribution in [-0.2, 0) is 9.09 Å². The fourth-order valence-corrected chi connectivity index (χ4v) is 1.08. The summed E-state index contributed by atoms with van der Waals surface area (Å²) in [6.07, 6.45) is 3.88. The molecule has 5 nitrogen and oxygen atoms in total. The summed E-state index contributed by atoms with van der Waals surface area (Å²) in [6, 6.07) is 0. The summed E-state index contributed by atoms with van der Waals surface area (Å²) < 4.78 is 14.4.